The summed E-state index contributed by atoms with van der Waals surface area (Å²) in [6.45, 7) is 0.572. The van der Waals surface area contributed by atoms with E-state index >= 15 is 0 Å². The third-order valence-corrected chi connectivity index (χ3v) is 4.76. The highest BCUT2D eigenvalue weighted by Gasteiger charge is 2.38. The van der Waals surface area contributed by atoms with Crippen LogP contribution in [0.15, 0.2) is 42.5 Å². The molecule has 1 unspecified atom stereocenters. The van der Waals surface area contributed by atoms with Gasteiger partial charge in [0, 0.05) is 6.54 Å². The van der Waals surface area contributed by atoms with Gasteiger partial charge < -0.3 is 25.2 Å². The van der Waals surface area contributed by atoms with Gasteiger partial charge in [0.2, 0.25) is 0 Å². The maximum Gasteiger partial charge on any atom is 0.315 e. The highest BCUT2D eigenvalue weighted by Crippen LogP contribution is 2.42. The second-order valence-corrected chi connectivity index (χ2v) is 6.42. The Hall–Kier alpha value is -2.73. The minimum Gasteiger partial charge on any atom is -0.493 e. The topological polar surface area (TPSA) is 79.8 Å². The van der Waals surface area contributed by atoms with Crippen molar-refractivity contribution in [3.63, 3.8) is 0 Å². The lowest BCUT2D eigenvalue weighted by Crippen LogP contribution is -2.43. The van der Waals surface area contributed by atoms with Gasteiger partial charge >= 0.3 is 6.03 Å². The number of methoxy groups -OCH3 is 2. The molecule has 2 amide bonds. The quantitative estimate of drug-likeness (QED) is 0.742. The summed E-state index contributed by atoms with van der Waals surface area (Å²) in [7, 11) is 3.15. The van der Waals surface area contributed by atoms with Crippen molar-refractivity contribution >= 4 is 6.03 Å². The Morgan fingerprint density at radius 3 is 2.50 bits per heavy atom. The molecule has 3 rings (SSSR count). The zero-order chi connectivity index (χ0) is 18.6. The minimum absolute atomic E-state index is 0.135. The predicted octanol–water partition coefficient (Wildman–Crippen LogP) is 2.34. The fourth-order valence-electron chi connectivity index (χ4n) is 3.29. The Bertz CT molecular complexity index is 779. The molecule has 0 bridgehead atoms. The van der Waals surface area contributed by atoms with E-state index < -0.39 is 5.60 Å². The van der Waals surface area contributed by atoms with E-state index in [4.69, 9.17) is 9.47 Å². The maximum atomic E-state index is 12.1. The third kappa shape index (κ3) is 3.75. The van der Waals surface area contributed by atoms with Gasteiger partial charge in [-0.2, -0.15) is 0 Å². The van der Waals surface area contributed by atoms with Crippen LogP contribution in [0.5, 0.6) is 11.5 Å². The zero-order valence-electron chi connectivity index (χ0n) is 15.0. The number of fused-ring (bicyclic) bond motifs is 1. The van der Waals surface area contributed by atoms with Crippen LogP contribution in [0, 0.1) is 0 Å². The highest BCUT2D eigenvalue weighted by atomic mass is 16.5. The van der Waals surface area contributed by atoms with Gasteiger partial charge in [-0.25, -0.2) is 4.79 Å². The maximum absolute atomic E-state index is 12.1. The van der Waals surface area contributed by atoms with Gasteiger partial charge in [0.15, 0.2) is 11.5 Å². The third-order valence-electron chi connectivity index (χ3n) is 4.76. The van der Waals surface area contributed by atoms with Crippen molar-refractivity contribution in [1.82, 2.24) is 10.6 Å². The highest BCUT2D eigenvalue weighted by molar-refractivity contribution is 5.74. The van der Waals surface area contributed by atoms with Gasteiger partial charge in [-0.15, -0.1) is 0 Å². The summed E-state index contributed by atoms with van der Waals surface area (Å²) in [6, 6.07) is 13.0. The van der Waals surface area contributed by atoms with Crippen molar-refractivity contribution in [2.45, 2.75) is 25.0 Å². The number of nitrogens with one attached hydrogen (secondary N) is 2. The molecule has 2 aromatic rings. The van der Waals surface area contributed by atoms with Gasteiger partial charge in [0.05, 0.1) is 20.8 Å². The first kappa shape index (κ1) is 18.1. The smallest absolute Gasteiger partial charge is 0.315 e. The van der Waals surface area contributed by atoms with Crippen LogP contribution in [0.3, 0.4) is 0 Å². The molecule has 6 heteroatoms. The van der Waals surface area contributed by atoms with Crippen LogP contribution >= 0.6 is 0 Å². The van der Waals surface area contributed by atoms with E-state index in [0.29, 0.717) is 24.5 Å². The summed E-state index contributed by atoms with van der Waals surface area (Å²) in [5, 5.41) is 16.6. The summed E-state index contributed by atoms with van der Waals surface area (Å²) >= 11 is 0. The van der Waals surface area contributed by atoms with Crippen molar-refractivity contribution < 1.29 is 19.4 Å². The number of aliphatic hydroxyl groups is 1. The van der Waals surface area contributed by atoms with Crippen molar-refractivity contribution in [1.29, 1.82) is 0 Å². The van der Waals surface area contributed by atoms with E-state index in [1.54, 1.807) is 20.3 Å². The molecule has 0 radical (unpaired) electrons. The molecule has 0 saturated carbocycles. The minimum atomic E-state index is -1.11. The molecular formula is C20H24N2O4. The Kier molecular flexibility index (Phi) is 5.32. The van der Waals surface area contributed by atoms with E-state index in [1.807, 2.05) is 36.4 Å². The number of benzene rings is 2. The number of hydrogen-bond acceptors (Lipinski definition) is 4. The van der Waals surface area contributed by atoms with E-state index in [2.05, 4.69) is 10.6 Å². The van der Waals surface area contributed by atoms with E-state index in [-0.39, 0.29) is 12.6 Å². The number of carbonyl (C=O) groups is 1. The molecule has 1 atom stereocenters. The fraction of sp³-hybridized carbons (Fsp3) is 0.350. The molecular weight excluding hydrogens is 332 g/mol. The average molecular weight is 356 g/mol. The lowest BCUT2D eigenvalue weighted by atomic mass is 9.95. The zero-order valence-corrected chi connectivity index (χ0v) is 15.0. The molecule has 1 aliphatic carbocycles. The summed E-state index contributed by atoms with van der Waals surface area (Å²) in [5.41, 5.74) is 1.69. The van der Waals surface area contributed by atoms with Crippen molar-refractivity contribution in [3.05, 3.63) is 59.2 Å². The average Bonchev–Trinajstić information content (AvgIpc) is 3.00. The normalized spacial score (nSPS) is 18.1. The molecule has 0 saturated heterocycles. The van der Waals surface area contributed by atoms with E-state index in [1.165, 1.54) is 0 Å². The van der Waals surface area contributed by atoms with Crippen molar-refractivity contribution in [2.75, 3.05) is 20.8 Å². The Balaban J connectivity index is 1.63. The summed E-state index contributed by atoms with van der Waals surface area (Å²) in [6.07, 6.45) is 1.26. The summed E-state index contributed by atoms with van der Waals surface area (Å²) < 4.78 is 10.6. The molecule has 26 heavy (non-hydrogen) atoms. The largest absolute Gasteiger partial charge is 0.493 e. The monoisotopic (exact) mass is 356 g/mol. The number of hydrogen-bond donors (Lipinski definition) is 3. The molecule has 0 spiro atoms. The van der Waals surface area contributed by atoms with Crippen molar-refractivity contribution in [3.8, 4) is 11.5 Å². The molecule has 0 aromatic heterocycles. The van der Waals surface area contributed by atoms with E-state index in [9.17, 15) is 9.90 Å². The number of urea groups is 1. The number of amides is 2. The van der Waals surface area contributed by atoms with Crippen LogP contribution in [-0.2, 0) is 18.6 Å². The van der Waals surface area contributed by atoms with Crippen LogP contribution in [-0.4, -0.2) is 31.9 Å². The van der Waals surface area contributed by atoms with Crippen LogP contribution in [0.2, 0.25) is 0 Å². The van der Waals surface area contributed by atoms with Crippen LogP contribution in [0.25, 0.3) is 0 Å². The van der Waals surface area contributed by atoms with Gasteiger partial charge in [0.25, 0.3) is 0 Å². The first-order chi connectivity index (χ1) is 12.6. The second kappa shape index (κ2) is 7.66. The van der Waals surface area contributed by atoms with Crippen molar-refractivity contribution in [2.24, 2.45) is 0 Å². The molecule has 0 fully saturated rings. The lowest BCUT2D eigenvalue weighted by molar-refractivity contribution is 0.0410. The number of rotatable bonds is 6. The molecule has 3 N–H and O–H groups in total. The van der Waals surface area contributed by atoms with Gasteiger partial charge in [0.1, 0.15) is 5.60 Å². The predicted molar refractivity (Wildman–Crippen MR) is 98.4 cm³/mol. The van der Waals surface area contributed by atoms with Gasteiger partial charge in [-0.1, -0.05) is 30.3 Å². The van der Waals surface area contributed by atoms with Crippen LogP contribution in [0.1, 0.15) is 23.1 Å². The molecule has 0 heterocycles. The van der Waals surface area contributed by atoms with Crippen LogP contribution in [0.4, 0.5) is 4.79 Å². The molecule has 1 aliphatic rings. The molecule has 6 nitrogen and oxygen atoms in total. The Morgan fingerprint density at radius 1 is 1.12 bits per heavy atom. The van der Waals surface area contributed by atoms with Gasteiger partial charge in [-0.05, 0) is 41.7 Å². The van der Waals surface area contributed by atoms with Gasteiger partial charge in [-0.3, -0.25) is 0 Å². The number of aryl methyl sites for hydroxylation is 1. The summed E-state index contributed by atoms with van der Waals surface area (Å²) in [4.78, 5) is 12.1. The number of ether oxygens (including phenoxy) is 2. The molecule has 138 valence electrons. The Morgan fingerprint density at radius 2 is 1.81 bits per heavy atom. The van der Waals surface area contributed by atoms with Crippen LogP contribution < -0.4 is 20.1 Å². The number of carbonyl (C=O) groups excluding carboxylic acids is 1. The molecule has 2 aromatic carbocycles. The summed E-state index contributed by atoms with van der Waals surface area (Å²) in [5.74, 6) is 1.21. The second-order valence-electron chi connectivity index (χ2n) is 6.42. The first-order valence-corrected chi connectivity index (χ1v) is 8.59. The Labute approximate surface area is 153 Å². The first-order valence-electron chi connectivity index (χ1n) is 8.59. The fourth-order valence-corrected chi connectivity index (χ4v) is 3.29. The molecule has 0 aliphatic heterocycles. The SMILES string of the molecule is COc1cc2c(cc1OC)C(O)(CNC(=O)NCc1ccccc1)CC2. The van der Waals surface area contributed by atoms with E-state index in [0.717, 1.165) is 23.1 Å². The lowest BCUT2D eigenvalue weighted by Gasteiger charge is -2.25. The standard InChI is InChI=1S/C20H24N2O4/c1-25-17-10-15-8-9-20(24,16(15)11-18(17)26-2)13-22-19(23)21-12-14-6-4-3-5-7-14/h3-7,10-11,24H,8-9,12-13H2,1-2H3,(H2,21,22,23).